The van der Waals surface area contributed by atoms with Crippen LogP contribution in [0, 0.1) is 0 Å². The van der Waals surface area contributed by atoms with Gasteiger partial charge >= 0.3 is 5.97 Å². The van der Waals surface area contributed by atoms with Crippen LogP contribution in [0.25, 0.3) is 0 Å². The van der Waals surface area contributed by atoms with Gasteiger partial charge in [0, 0.05) is 13.2 Å². The van der Waals surface area contributed by atoms with Gasteiger partial charge < -0.3 is 15.8 Å². The van der Waals surface area contributed by atoms with E-state index in [4.69, 9.17) is 10.9 Å². The second-order valence-electron chi connectivity index (χ2n) is 1.30. The molecule has 0 aliphatic rings. The molecule has 0 radical (unpaired) electrons. The second kappa shape index (κ2) is 3.73. The first-order chi connectivity index (χ1) is 4.22. The van der Waals surface area contributed by atoms with E-state index in [1.807, 2.05) is 5.43 Å². The van der Waals surface area contributed by atoms with Crippen molar-refractivity contribution < 1.29 is 9.90 Å². The van der Waals surface area contributed by atoms with Crippen molar-refractivity contribution in [3.63, 3.8) is 0 Å². The van der Waals surface area contributed by atoms with E-state index < -0.39 is 5.97 Å². The van der Waals surface area contributed by atoms with E-state index >= 15 is 0 Å². The van der Waals surface area contributed by atoms with E-state index in [1.54, 1.807) is 7.05 Å². The average molecular weight is 131 g/mol. The Bertz CT molecular complexity index is 132. The third kappa shape index (κ3) is 2.55. The maximum Gasteiger partial charge on any atom is 0.354 e. The van der Waals surface area contributed by atoms with Gasteiger partial charge in [0.1, 0.15) is 0 Å². The Kier molecular flexibility index (Phi) is 3.22. The largest absolute Gasteiger partial charge is 0.476 e. The Labute approximate surface area is 52.5 Å². The van der Waals surface area contributed by atoms with Crippen molar-refractivity contribution >= 4 is 5.97 Å². The molecule has 0 aromatic carbocycles. The lowest BCUT2D eigenvalue weighted by Crippen LogP contribution is -2.27. The number of rotatable bonds is 3. The number of nitrogens with two attached hydrogens (primary N) is 1. The molecule has 0 fully saturated rings. The van der Waals surface area contributed by atoms with Gasteiger partial charge in [0.15, 0.2) is 5.70 Å². The van der Waals surface area contributed by atoms with Crippen LogP contribution in [0.15, 0.2) is 11.9 Å². The zero-order valence-corrected chi connectivity index (χ0v) is 5.01. The number of nitrogens with one attached hydrogen (secondary N) is 2. The van der Waals surface area contributed by atoms with E-state index in [0.29, 0.717) is 0 Å². The number of hydrogen-bond donors (Lipinski definition) is 4. The molecule has 0 atom stereocenters. The molecule has 0 bridgehead atoms. The molecule has 0 heterocycles. The normalized spacial score (nSPS) is 10.7. The summed E-state index contributed by atoms with van der Waals surface area (Å²) in [5, 5.41) is 10.8. The van der Waals surface area contributed by atoms with Crippen molar-refractivity contribution in [1.82, 2.24) is 10.7 Å². The molecule has 0 aliphatic heterocycles. The van der Waals surface area contributed by atoms with E-state index in [9.17, 15) is 4.79 Å². The third-order valence-corrected chi connectivity index (χ3v) is 0.675. The standard InChI is InChI=1S/C4H9N3O2/c1-6-2-3(7-5)4(8)9/h2,6-7H,5H2,1H3,(H,8,9)/b3-2-. The predicted molar refractivity (Wildman–Crippen MR) is 32.1 cm³/mol. The molecule has 0 amide bonds. The van der Waals surface area contributed by atoms with E-state index in [2.05, 4.69) is 5.32 Å². The lowest BCUT2D eigenvalue weighted by Gasteiger charge is -1.97. The van der Waals surface area contributed by atoms with Crippen molar-refractivity contribution in [3.05, 3.63) is 11.9 Å². The number of carboxylic acids is 1. The van der Waals surface area contributed by atoms with Gasteiger partial charge in [-0.3, -0.25) is 5.84 Å². The van der Waals surface area contributed by atoms with Crippen molar-refractivity contribution in [3.8, 4) is 0 Å². The van der Waals surface area contributed by atoms with Gasteiger partial charge in [0.05, 0.1) is 0 Å². The molecule has 5 N–H and O–H groups in total. The summed E-state index contributed by atoms with van der Waals surface area (Å²) >= 11 is 0. The van der Waals surface area contributed by atoms with Gasteiger partial charge in [-0.1, -0.05) is 0 Å². The van der Waals surface area contributed by atoms with Gasteiger partial charge in [0.2, 0.25) is 0 Å². The predicted octanol–water partition coefficient (Wildman–Crippen LogP) is -1.40. The molecule has 0 aromatic heterocycles. The zero-order valence-electron chi connectivity index (χ0n) is 5.01. The summed E-state index contributed by atoms with van der Waals surface area (Å²) in [5.41, 5.74) is 1.93. The highest BCUT2D eigenvalue weighted by atomic mass is 16.4. The van der Waals surface area contributed by atoms with Crippen LogP contribution in [0.5, 0.6) is 0 Å². The smallest absolute Gasteiger partial charge is 0.354 e. The molecule has 5 nitrogen and oxygen atoms in total. The number of carbonyl (C=O) groups is 1. The summed E-state index contributed by atoms with van der Waals surface area (Å²) in [6, 6.07) is 0. The minimum atomic E-state index is -1.09. The maximum absolute atomic E-state index is 10.1. The number of hydrazine groups is 1. The Hall–Kier alpha value is -1.23. The minimum Gasteiger partial charge on any atom is -0.476 e. The fraction of sp³-hybridized carbons (Fsp3) is 0.250. The fourth-order valence-corrected chi connectivity index (χ4v) is 0.309. The summed E-state index contributed by atoms with van der Waals surface area (Å²) in [5.74, 6) is 3.73. The van der Waals surface area contributed by atoms with Crippen LogP contribution in [0.4, 0.5) is 0 Å². The molecule has 0 spiro atoms. The maximum atomic E-state index is 10.1. The first-order valence-corrected chi connectivity index (χ1v) is 2.29. The van der Waals surface area contributed by atoms with Crippen LogP contribution in [0.1, 0.15) is 0 Å². The Morgan fingerprint density at radius 1 is 1.78 bits per heavy atom. The molecule has 0 rings (SSSR count). The number of aliphatic carboxylic acids is 1. The molecule has 0 saturated carbocycles. The minimum absolute atomic E-state index is 0.0718. The molecule has 52 valence electrons. The first-order valence-electron chi connectivity index (χ1n) is 2.29. The number of hydrogen-bond acceptors (Lipinski definition) is 4. The van der Waals surface area contributed by atoms with Gasteiger partial charge in [-0.15, -0.1) is 0 Å². The molecular weight excluding hydrogens is 122 g/mol. The van der Waals surface area contributed by atoms with E-state index in [1.165, 1.54) is 6.20 Å². The van der Waals surface area contributed by atoms with Gasteiger partial charge in [-0.25, -0.2) is 4.79 Å². The highest BCUT2D eigenvalue weighted by Crippen LogP contribution is 1.80. The Morgan fingerprint density at radius 2 is 2.33 bits per heavy atom. The zero-order chi connectivity index (χ0) is 7.28. The van der Waals surface area contributed by atoms with Crippen LogP contribution >= 0.6 is 0 Å². The summed E-state index contributed by atoms with van der Waals surface area (Å²) in [6.07, 6.45) is 1.25. The molecule has 0 aliphatic carbocycles. The number of carboxylic acid groups (broad SMARTS) is 1. The summed E-state index contributed by atoms with van der Waals surface area (Å²) in [7, 11) is 1.58. The van der Waals surface area contributed by atoms with Crippen LogP contribution < -0.4 is 16.6 Å². The Morgan fingerprint density at radius 3 is 2.44 bits per heavy atom. The van der Waals surface area contributed by atoms with Gasteiger partial charge in [0.25, 0.3) is 0 Å². The van der Waals surface area contributed by atoms with E-state index in [-0.39, 0.29) is 5.70 Å². The van der Waals surface area contributed by atoms with E-state index in [0.717, 1.165) is 0 Å². The molecule has 9 heavy (non-hydrogen) atoms. The van der Waals surface area contributed by atoms with Crippen molar-refractivity contribution in [2.45, 2.75) is 0 Å². The highest BCUT2D eigenvalue weighted by Gasteiger charge is 2.01. The van der Waals surface area contributed by atoms with Crippen molar-refractivity contribution in [2.75, 3.05) is 7.05 Å². The quantitative estimate of drug-likeness (QED) is 0.215. The monoisotopic (exact) mass is 131 g/mol. The molecule has 0 saturated heterocycles. The van der Waals surface area contributed by atoms with Gasteiger partial charge in [-0.05, 0) is 0 Å². The van der Waals surface area contributed by atoms with Gasteiger partial charge in [-0.2, -0.15) is 0 Å². The van der Waals surface area contributed by atoms with Crippen molar-refractivity contribution in [1.29, 1.82) is 0 Å². The molecule has 0 aromatic rings. The molecular formula is C4H9N3O2. The fourth-order valence-electron chi connectivity index (χ4n) is 0.309. The lowest BCUT2D eigenvalue weighted by atomic mass is 10.5. The van der Waals surface area contributed by atoms with Crippen molar-refractivity contribution in [2.24, 2.45) is 5.84 Å². The molecule has 0 unspecified atom stereocenters. The summed E-state index contributed by atoms with van der Waals surface area (Å²) in [4.78, 5) is 10.1. The highest BCUT2D eigenvalue weighted by molar-refractivity contribution is 5.85. The SMILES string of the molecule is CN/C=C(\NN)C(=O)O. The molecule has 5 heteroatoms. The third-order valence-electron chi connectivity index (χ3n) is 0.675. The lowest BCUT2D eigenvalue weighted by molar-refractivity contribution is -0.133. The van der Waals surface area contributed by atoms with Crippen LogP contribution in [0.3, 0.4) is 0 Å². The van der Waals surface area contributed by atoms with Crippen LogP contribution in [-0.2, 0) is 4.79 Å². The Balaban J connectivity index is 3.98. The summed E-state index contributed by atoms with van der Waals surface area (Å²) < 4.78 is 0. The topological polar surface area (TPSA) is 87.4 Å². The second-order valence-corrected chi connectivity index (χ2v) is 1.30. The van der Waals surface area contributed by atoms with Crippen LogP contribution in [-0.4, -0.2) is 18.1 Å². The average Bonchev–Trinajstić information content (AvgIpc) is 1.82. The summed E-state index contributed by atoms with van der Waals surface area (Å²) in [6.45, 7) is 0. The van der Waals surface area contributed by atoms with Crippen LogP contribution in [0.2, 0.25) is 0 Å². The first kappa shape index (κ1) is 7.77.